The summed E-state index contributed by atoms with van der Waals surface area (Å²) in [6.07, 6.45) is 2.40. The molecule has 4 rings (SSSR count). The number of anilines is 1. The quantitative estimate of drug-likeness (QED) is 0.350. The summed E-state index contributed by atoms with van der Waals surface area (Å²) < 4.78 is 39.7. The second kappa shape index (κ2) is 11.9. The second-order valence-corrected chi connectivity index (χ2v) is 12.7. The zero-order valence-corrected chi connectivity index (χ0v) is 24.3. The highest BCUT2D eigenvalue weighted by molar-refractivity contribution is 7.89. The normalized spacial score (nSPS) is 14.5. The number of rotatable bonds is 11. The van der Waals surface area contributed by atoms with Crippen LogP contribution in [0, 0.1) is 0 Å². The zero-order chi connectivity index (χ0) is 29.8. The number of aromatic nitrogens is 2. The van der Waals surface area contributed by atoms with E-state index in [-0.39, 0.29) is 29.5 Å². The Morgan fingerprint density at radius 3 is 2.27 bits per heavy atom. The third-order valence-corrected chi connectivity index (χ3v) is 8.20. The van der Waals surface area contributed by atoms with Crippen LogP contribution in [0.5, 0.6) is 0 Å². The minimum Gasteiger partial charge on any atom is -0.480 e. The molecule has 2 aromatic heterocycles. The van der Waals surface area contributed by atoms with Crippen LogP contribution in [0.4, 0.5) is 10.6 Å². The lowest BCUT2D eigenvalue weighted by molar-refractivity contribution is -0.135. The van der Waals surface area contributed by atoms with Crippen molar-refractivity contribution >= 4 is 27.9 Å². The fourth-order valence-electron chi connectivity index (χ4n) is 4.28. The molecule has 1 N–H and O–H groups in total. The average Bonchev–Trinajstić information content (AvgIpc) is 3.73. The molecule has 1 saturated carbocycles. The summed E-state index contributed by atoms with van der Waals surface area (Å²) in [6.45, 7) is 4.18. The SMILES string of the molecule is COC1(c2ccc(CN(Cc3cccc(N(CC(=O)O)C(=O)OC(C)(C)C)n3)S(=O)(=O)c3ccccn3)cc2)CC1. The van der Waals surface area contributed by atoms with Gasteiger partial charge in [-0.05, 0) is 69.0 Å². The lowest BCUT2D eigenvalue weighted by Gasteiger charge is -2.26. The van der Waals surface area contributed by atoms with Crippen molar-refractivity contribution in [2.75, 3.05) is 18.6 Å². The third kappa shape index (κ3) is 7.46. The molecule has 0 unspecified atom stereocenters. The molecule has 1 fully saturated rings. The van der Waals surface area contributed by atoms with Crippen LogP contribution in [-0.2, 0) is 43.0 Å². The van der Waals surface area contributed by atoms with Gasteiger partial charge in [-0.1, -0.05) is 36.4 Å². The van der Waals surface area contributed by atoms with E-state index in [4.69, 9.17) is 9.47 Å². The van der Waals surface area contributed by atoms with Crippen LogP contribution in [0.1, 0.15) is 50.4 Å². The molecule has 1 aliphatic carbocycles. The first-order chi connectivity index (χ1) is 19.3. The van der Waals surface area contributed by atoms with E-state index in [1.165, 1.54) is 22.6 Å². The number of benzene rings is 1. The van der Waals surface area contributed by atoms with Crippen molar-refractivity contribution in [2.24, 2.45) is 0 Å². The number of amides is 1. The minimum absolute atomic E-state index is 0.0213. The number of carbonyl (C=O) groups excluding carboxylic acids is 1. The zero-order valence-electron chi connectivity index (χ0n) is 23.5. The molecule has 2 heterocycles. The number of hydrogen-bond acceptors (Lipinski definition) is 8. The van der Waals surface area contributed by atoms with Gasteiger partial charge in [0, 0.05) is 19.9 Å². The second-order valence-electron chi connectivity index (χ2n) is 10.8. The number of carboxylic acid groups (broad SMARTS) is 1. The Labute approximate surface area is 239 Å². The van der Waals surface area contributed by atoms with Crippen molar-refractivity contribution in [3.05, 3.63) is 83.7 Å². The van der Waals surface area contributed by atoms with Gasteiger partial charge in [-0.2, -0.15) is 4.31 Å². The Kier molecular flexibility index (Phi) is 8.76. The topological polar surface area (TPSA) is 139 Å². The van der Waals surface area contributed by atoms with Crippen LogP contribution in [0.2, 0.25) is 0 Å². The number of ether oxygens (including phenoxy) is 2. The van der Waals surface area contributed by atoms with Crippen molar-refractivity contribution in [3.63, 3.8) is 0 Å². The van der Waals surface area contributed by atoms with Gasteiger partial charge in [-0.25, -0.2) is 23.2 Å². The van der Waals surface area contributed by atoms with Crippen molar-refractivity contribution in [1.82, 2.24) is 14.3 Å². The van der Waals surface area contributed by atoms with E-state index in [2.05, 4.69) is 9.97 Å². The van der Waals surface area contributed by atoms with Crippen molar-refractivity contribution in [2.45, 2.75) is 62.9 Å². The van der Waals surface area contributed by atoms with Crippen molar-refractivity contribution < 1.29 is 32.6 Å². The minimum atomic E-state index is -4.06. The van der Waals surface area contributed by atoms with E-state index in [0.29, 0.717) is 5.69 Å². The smallest absolute Gasteiger partial charge is 0.416 e. The van der Waals surface area contributed by atoms with Gasteiger partial charge >= 0.3 is 12.1 Å². The van der Waals surface area contributed by atoms with Gasteiger partial charge in [0.2, 0.25) is 0 Å². The fraction of sp³-hybridized carbons (Fsp3) is 0.379. The molecule has 3 aromatic rings. The van der Waals surface area contributed by atoms with Crippen LogP contribution in [0.25, 0.3) is 0 Å². The first kappa shape index (κ1) is 30.1. The summed E-state index contributed by atoms with van der Waals surface area (Å²) in [5.41, 5.74) is 0.958. The molecular formula is C29H34N4O7S. The number of carboxylic acids is 1. The fourth-order valence-corrected chi connectivity index (χ4v) is 5.61. The third-order valence-electron chi connectivity index (χ3n) is 6.49. The van der Waals surface area contributed by atoms with Gasteiger partial charge in [0.25, 0.3) is 10.0 Å². The number of pyridine rings is 2. The molecule has 41 heavy (non-hydrogen) atoms. The Bertz CT molecular complexity index is 1490. The highest BCUT2D eigenvalue weighted by Crippen LogP contribution is 2.48. The molecule has 1 amide bonds. The Balaban J connectivity index is 1.65. The summed E-state index contributed by atoms with van der Waals surface area (Å²) >= 11 is 0. The summed E-state index contributed by atoms with van der Waals surface area (Å²) in [5, 5.41) is 9.29. The van der Waals surface area contributed by atoms with Crippen LogP contribution in [-0.4, -0.2) is 59.1 Å². The molecule has 0 atom stereocenters. The first-order valence-corrected chi connectivity index (χ1v) is 14.5. The molecule has 0 aliphatic heterocycles. The van der Waals surface area contributed by atoms with Crippen LogP contribution >= 0.6 is 0 Å². The predicted molar refractivity (Wildman–Crippen MR) is 150 cm³/mol. The van der Waals surface area contributed by atoms with Gasteiger partial charge in [0.05, 0.1) is 17.8 Å². The summed E-state index contributed by atoms with van der Waals surface area (Å²) in [4.78, 5) is 33.8. The lowest BCUT2D eigenvalue weighted by atomic mass is 10.1. The summed E-state index contributed by atoms with van der Waals surface area (Å²) in [6, 6.07) is 16.9. The molecule has 0 radical (unpaired) electrons. The van der Waals surface area contributed by atoms with E-state index in [1.807, 2.05) is 24.3 Å². The van der Waals surface area contributed by atoms with E-state index in [9.17, 15) is 23.1 Å². The summed E-state index contributed by atoms with van der Waals surface area (Å²) in [7, 11) is -2.38. The molecule has 0 saturated heterocycles. The van der Waals surface area contributed by atoms with Crippen LogP contribution < -0.4 is 4.90 Å². The van der Waals surface area contributed by atoms with Gasteiger partial charge in [0.15, 0.2) is 5.03 Å². The van der Waals surface area contributed by atoms with E-state index < -0.39 is 34.2 Å². The Hall–Kier alpha value is -3.87. The monoisotopic (exact) mass is 582 g/mol. The van der Waals surface area contributed by atoms with E-state index >= 15 is 0 Å². The molecule has 12 heteroatoms. The number of aliphatic carboxylic acids is 1. The van der Waals surface area contributed by atoms with Gasteiger partial charge in [0.1, 0.15) is 18.0 Å². The maximum atomic E-state index is 13.7. The van der Waals surface area contributed by atoms with E-state index in [0.717, 1.165) is 28.9 Å². The van der Waals surface area contributed by atoms with Crippen LogP contribution in [0.3, 0.4) is 0 Å². The van der Waals surface area contributed by atoms with E-state index in [1.54, 1.807) is 52.1 Å². The molecule has 0 bridgehead atoms. The van der Waals surface area contributed by atoms with Gasteiger partial charge in [-0.15, -0.1) is 0 Å². The highest BCUT2D eigenvalue weighted by Gasteiger charge is 2.44. The van der Waals surface area contributed by atoms with Crippen LogP contribution in [0.15, 0.2) is 71.9 Å². The molecular weight excluding hydrogens is 548 g/mol. The molecule has 218 valence electrons. The van der Waals surface area contributed by atoms with Gasteiger partial charge < -0.3 is 14.6 Å². The van der Waals surface area contributed by atoms with Crippen molar-refractivity contribution in [3.8, 4) is 0 Å². The maximum Gasteiger partial charge on any atom is 0.416 e. The number of nitrogens with zero attached hydrogens (tertiary/aromatic N) is 4. The molecule has 11 nitrogen and oxygen atoms in total. The average molecular weight is 583 g/mol. The number of sulfonamides is 1. The van der Waals surface area contributed by atoms with Gasteiger partial charge in [-0.3, -0.25) is 9.69 Å². The predicted octanol–water partition coefficient (Wildman–Crippen LogP) is 4.33. The first-order valence-electron chi connectivity index (χ1n) is 13.1. The molecule has 0 spiro atoms. The largest absolute Gasteiger partial charge is 0.480 e. The molecule has 1 aromatic carbocycles. The number of hydrogen-bond donors (Lipinski definition) is 1. The maximum absolute atomic E-state index is 13.7. The Morgan fingerprint density at radius 1 is 1.00 bits per heavy atom. The number of carbonyl (C=O) groups is 2. The summed E-state index contributed by atoms with van der Waals surface area (Å²) in [5.74, 6) is -1.24. The molecule has 1 aliphatic rings. The lowest BCUT2D eigenvalue weighted by Crippen LogP contribution is -2.40. The van der Waals surface area contributed by atoms with Crippen molar-refractivity contribution in [1.29, 1.82) is 0 Å². The highest BCUT2D eigenvalue weighted by atomic mass is 32.2. The standard InChI is InChI=1S/C29H34N4O7S/c1-28(2,3)40-27(36)33(20-26(34)35)24-9-7-8-23(31-24)19-32(41(37,38)25-10-5-6-17-30-25)18-21-11-13-22(14-12-21)29(39-4)15-16-29/h5-14,17H,15-16,18-20H2,1-4H3,(H,34,35). The number of methoxy groups -OCH3 is 1. The Morgan fingerprint density at radius 2 is 1.71 bits per heavy atom.